The van der Waals surface area contributed by atoms with Crippen molar-refractivity contribution in [2.45, 2.75) is 26.0 Å². The third kappa shape index (κ3) is 4.04. The van der Waals surface area contributed by atoms with Crippen LogP contribution in [-0.4, -0.2) is 22.7 Å². The molecular weight excluding hydrogens is 241 g/mol. The van der Waals surface area contributed by atoms with Gasteiger partial charge in [0.05, 0.1) is 0 Å². The Bertz CT molecular complexity index is 442. The van der Waals surface area contributed by atoms with Crippen molar-refractivity contribution in [3.05, 3.63) is 35.6 Å². The van der Waals surface area contributed by atoms with Crippen molar-refractivity contribution >= 4 is 12.1 Å². The molecule has 0 atom stereocenters. The molecule has 0 aliphatic rings. The molecule has 0 aromatic heterocycles. The Morgan fingerprint density at radius 3 is 2.39 bits per heavy atom. The number of carboxylic acids is 1. The van der Waals surface area contributed by atoms with Gasteiger partial charge in [-0.05, 0) is 31.5 Å². The van der Waals surface area contributed by atoms with Gasteiger partial charge in [-0.3, -0.25) is 0 Å². The summed E-state index contributed by atoms with van der Waals surface area (Å²) in [5, 5.41) is 11.0. The summed E-state index contributed by atoms with van der Waals surface area (Å²) < 4.78 is 17.4. The molecule has 0 aliphatic carbocycles. The second-order valence-corrected chi connectivity index (χ2v) is 4.26. The van der Waals surface area contributed by atoms with Crippen LogP contribution in [-0.2, 0) is 16.1 Å². The summed E-state index contributed by atoms with van der Waals surface area (Å²) in [6.45, 7) is 2.63. The molecule has 0 unspecified atom stereocenters. The fourth-order valence-corrected chi connectivity index (χ4v) is 1.07. The number of rotatable bonds is 4. The highest BCUT2D eigenvalue weighted by Gasteiger charge is 2.29. The summed E-state index contributed by atoms with van der Waals surface area (Å²) in [5.74, 6) is -1.54. The Labute approximate surface area is 104 Å². The first-order chi connectivity index (χ1) is 8.31. The van der Waals surface area contributed by atoms with E-state index >= 15 is 0 Å². The van der Waals surface area contributed by atoms with Crippen LogP contribution in [0.2, 0.25) is 0 Å². The van der Waals surface area contributed by atoms with Crippen LogP contribution in [0.25, 0.3) is 0 Å². The quantitative estimate of drug-likeness (QED) is 0.861. The molecular formula is C12H14FNO4. The van der Waals surface area contributed by atoms with Crippen LogP contribution in [0.1, 0.15) is 19.4 Å². The van der Waals surface area contributed by atoms with Crippen LogP contribution in [0.5, 0.6) is 0 Å². The fourth-order valence-electron chi connectivity index (χ4n) is 1.07. The first-order valence-corrected chi connectivity index (χ1v) is 5.24. The second kappa shape index (κ2) is 5.48. The van der Waals surface area contributed by atoms with E-state index in [-0.39, 0.29) is 12.4 Å². The predicted molar refractivity (Wildman–Crippen MR) is 61.4 cm³/mol. The molecule has 0 saturated carbocycles. The smallest absolute Gasteiger partial charge is 0.408 e. The van der Waals surface area contributed by atoms with Crippen molar-refractivity contribution in [3.8, 4) is 0 Å². The molecule has 2 N–H and O–H groups in total. The number of carbonyl (C=O) groups excluding carboxylic acids is 1. The summed E-state index contributed by atoms with van der Waals surface area (Å²) >= 11 is 0. The molecule has 0 spiro atoms. The Kier molecular flexibility index (Phi) is 4.25. The zero-order valence-corrected chi connectivity index (χ0v) is 10.1. The van der Waals surface area contributed by atoms with Crippen molar-refractivity contribution < 1.29 is 23.8 Å². The first-order valence-electron chi connectivity index (χ1n) is 5.24. The van der Waals surface area contributed by atoms with E-state index in [1.165, 1.54) is 38.1 Å². The maximum absolute atomic E-state index is 12.6. The van der Waals surface area contributed by atoms with E-state index in [4.69, 9.17) is 9.84 Å². The number of nitrogens with one attached hydrogen (secondary N) is 1. The molecule has 6 heteroatoms. The molecule has 1 aromatic rings. The molecule has 98 valence electrons. The third-order valence-electron chi connectivity index (χ3n) is 2.23. The minimum atomic E-state index is -1.40. The van der Waals surface area contributed by atoms with Crippen LogP contribution < -0.4 is 5.32 Å². The minimum Gasteiger partial charge on any atom is -0.480 e. The minimum absolute atomic E-state index is 0.0538. The van der Waals surface area contributed by atoms with Crippen LogP contribution >= 0.6 is 0 Å². The molecule has 0 radical (unpaired) electrons. The zero-order chi connectivity index (χ0) is 13.8. The fraction of sp³-hybridized carbons (Fsp3) is 0.333. The SMILES string of the molecule is CC(C)(NC(=O)OCc1ccc(F)cc1)C(=O)O. The van der Waals surface area contributed by atoms with E-state index in [0.717, 1.165) is 0 Å². The van der Waals surface area contributed by atoms with Gasteiger partial charge in [-0.2, -0.15) is 0 Å². The van der Waals surface area contributed by atoms with Gasteiger partial charge in [0.15, 0.2) is 0 Å². The first kappa shape index (κ1) is 14.0. The molecule has 0 fully saturated rings. The standard InChI is InChI=1S/C12H14FNO4/c1-12(2,10(15)16)14-11(17)18-7-8-3-5-9(13)6-4-8/h3-6H,7H2,1-2H3,(H,14,17)(H,15,16). The number of alkyl carbamates (subject to hydrolysis) is 1. The van der Waals surface area contributed by atoms with Crippen LogP contribution in [0, 0.1) is 5.82 Å². The third-order valence-corrected chi connectivity index (χ3v) is 2.23. The van der Waals surface area contributed by atoms with Gasteiger partial charge < -0.3 is 15.2 Å². The maximum atomic E-state index is 12.6. The monoisotopic (exact) mass is 255 g/mol. The highest BCUT2D eigenvalue weighted by Crippen LogP contribution is 2.06. The zero-order valence-electron chi connectivity index (χ0n) is 10.1. The average Bonchev–Trinajstić information content (AvgIpc) is 2.27. The van der Waals surface area contributed by atoms with Gasteiger partial charge >= 0.3 is 12.1 Å². The number of hydrogen-bond donors (Lipinski definition) is 2. The molecule has 1 rings (SSSR count). The highest BCUT2D eigenvalue weighted by molar-refractivity contribution is 5.83. The van der Waals surface area contributed by atoms with Crippen molar-refractivity contribution in [2.75, 3.05) is 0 Å². The topological polar surface area (TPSA) is 75.6 Å². The predicted octanol–water partition coefficient (Wildman–Crippen LogP) is 1.92. The lowest BCUT2D eigenvalue weighted by molar-refractivity contribution is -0.143. The Morgan fingerprint density at radius 1 is 1.33 bits per heavy atom. The number of benzene rings is 1. The van der Waals surface area contributed by atoms with Gasteiger partial charge in [0.2, 0.25) is 0 Å². The lowest BCUT2D eigenvalue weighted by Crippen LogP contribution is -2.49. The number of ether oxygens (including phenoxy) is 1. The lowest BCUT2D eigenvalue weighted by Gasteiger charge is -2.20. The summed E-state index contributed by atoms with van der Waals surface area (Å²) in [6, 6.07) is 5.45. The molecule has 0 saturated heterocycles. The van der Waals surface area contributed by atoms with Gasteiger partial charge in [0, 0.05) is 0 Å². The van der Waals surface area contributed by atoms with Gasteiger partial charge in [-0.15, -0.1) is 0 Å². The van der Waals surface area contributed by atoms with E-state index in [1.807, 2.05) is 0 Å². The number of carbonyl (C=O) groups is 2. The van der Waals surface area contributed by atoms with Crippen molar-refractivity contribution in [2.24, 2.45) is 0 Å². The molecule has 0 aliphatic heterocycles. The van der Waals surface area contributed by atoms with E-state index < -0.39 is 17.6 Å². The summed E-state index contributed by atoms with van der Waals surface area (Å²) in [6.07, 6.45) is -0.841. The average molecular weight is 255 g/mol. The van der Waals surface area contributed by atoms with Crippen molar-refractivity contribution in [1.29, 1.82) is 0 Å². The van der Waals surface area contributed by atoms with E-state index in [9.17, 15) is 14.0 Å². The molecule has 1 amide bonds. The van der Waals surface area contributed by atoms with Crippen LogP contribution in [0.4, 0.5) is 9.18 Å². The van der Waals surface area contributed by atoms with Gasteiger partial charge in [-0.25, -0.2) is 14.0 Å². The van der Waals surface area contributed by atoms with Gasteiger partial charge in [-0.1, -0.05) is 12.1 Å². The number of amides is 1. The number of halogens is 1. The largest absolute Gasteiger partial charge is 0.480 e. The molecule has 5 nitrogen and oxygen atoms in total. The number of aliphatic carboxylic acids is 1. The lowest BCUT2D eigenvalue weighted by atomic mass is 10.1. The molecule has 0 bridgehead atoms. The second-order valence-electron chi connectivity index (χ2n) is 4.26. The van der Waals surface area contributed by atoms with Gasteiger partial charge in [0.25, 0.3) is 0 Å². The Hall–Kier alpha value is -2.11. The van der Waals surface area contributed by atoms with Crippen LogP contribution in [0.3, 0.4) is 0 Å². The summed E-state index contributed by atoms with van der Waals surface area (Å²) in [4.78, 5) is 22.1. The van der Waals surface area contributed by atoms with E-state index in [2.05, 4.69) is 5.32 Å². The summed E-state index contributed by atoms with van der Waals surface area (Å²) in [5.41, 5.74) is -0.792. The van der Waals surface area contributed by atoms with E-state index in [0.29, 0.717) is 5.56 Å². The maximum Gasteiger partial charge on any atom is 0.408 e. The van der Waals surface area contributed by atoms with E-state index in [1.54, 1.807) is 0 Å². The van der Waals surface area contributed by atoms with Crippen LogP contribution in [0.15, 0.2) is 24.3 Å². The Morgan fingerprint density at radius 2 is 1.89 bits per heavy atom. The normalized spacial score (nSPS) is 10.8. The van der Waals surface area contributed by atoms with Crippen molar-refractivity contribution in [3.63, 3.8) is 0 Å². The molecule has 0 heterocycles. The number of carboxylic acid groups (broad SMARTS) is 1. The highest BCUT2D eigenvalue weighted by atomic mass is 19.1. The number of hydrogen-bond acceptors (Lipinski definition) is 3. The molecule has 18 heavy (non-hydrogen) atoms. The Balaban J connectivity index is 2.47. The summed E-state index contributed by atoms with van der Waals surface area (Å²) in [7, 11) is 0. The van der Waals surface area contributed by atoms with Gasteiger partial charge in [0.1, 0.15) is 18.0 Å². The molecule has 1 aromatic carbocycles. The van der Waals surface area contributed by atoms with Crippen molar-refractivity contribution in [1.82, 2.24) is 5.32 Å².